The van der Waals surface area contributed by atoms with E-state index in [4.69, 9.17) is 15.2 Å². The van der Waals surface area contributed by atoms with E-state index in [1.54, 1.807) is 45.0 Å². The molecule has 1 amide bonds. The van der Waals surface area contributed by atoms with Gasteiger partial charge in [-0.3, -0.25) is 19.1 Å². The number of ether oxygens (including phenoxy) is 2. The highest BCUT2D eigenvalue weighted by atomic mass is 19.1. The van der Waals surface area contributed by atoms with Gasteiger partial charge in [-0.25, -0.2) is 18.4 Å². The van der Waals surface area contributed by atoms with Gasteiger partial charge in [0.1, 0.15) is 35.2 Å². The number of rotatable bonds is 10. The number of hydrogen-bond donors (Lipinski definition) is 1. The van der Waals surface area contributed by atoms with Crippen LogP contribution in [0.3, 0.4) is 0 Å². The van der Waals surface area contributed by atoms with Crippen LogP contribution in [0, 0.1) is 17.6 Å². The molecule has 1 aliphatic carbocycles. The van der Waals surface area contributed by atoms with Crippen LogP contribution < -0.4 is 11.3 Å². The molecule has 4 rings (SSSR count). The number of amides is 1. The van der Waals surface area contributed by atoms with Crippen molar-refractivity contribution in [3.05, 3.63) is 93.3 Å². The third kappa shape index (κ3) is 8.38. The van der Waals surface area contributed by atoms with Gasteiger partial charge in [0.05, 0.1) is 16.8 Å². The van der Waals surface area contributed by atoms with Crippen LogP contribution in [0.15, 0.2) is 59.4 Å². The molecular weight excluding hydrogens is 596 g/mol. The summed E-state index contributed by atoms with van der Waals surface area (Å²) in [6.45, 7) is 9.18. The Morgan fingerprint density at radius 1 is 0.978 bits per heavy atom. The van der Waals surface area contributed by atoms with Crippen molar-refractivity contribution in [3.63, 3.8) is 0 Å². The van der Waals surface area contributed by atoms with E-state index >= 15 is 0 Å². The zero-order chi connectivity index (χ0) is 33.8. The first-order chi connectivity index (χ1) is 21.6. The lowest BCUT2D eigenvalue weighted by atomic mass is 10.0. The van der Waals surface area contributed by atoms with Gasteiger partial charge >= 0.3 is 12.1 Å². The minimum atomic E-state index is -1.05. The van der Waals surface area contributed by atoms with Crippen LogP contribution in [0.4, 0.5) is 19.4 Å². The second-order valence-electron chi connectivity index (χ2n) is 13.0. The molecule has 1 unspecified atom stereocenters. The quantitative estimate of drug-likeness (QED) is 0.197. The van der Waals surface area contributed by atoms with Crippen molar-refractivity contribution < 1.29 is 32.6 Å². The number of carbonyl (C=O) groups is 3. The number of anilines is 1. The summed E-state index contributed by atoms with van der Waals surface area (Å²) in [5, 5.41) is 0. The van der Waals surface area contributed by atoms with Crippen LogP contribution in [0.2, 0.25) is 0 Å². The maximum absolute atomic E-state index is 14.4. The summed E-state index contributed by atoms with van der Waals surface area (Å²) in [5.41, 5.74) is 5.32. The van der Waals surface area contributed by atoms with E-state index < -0.39 is 52.2 Å². The van der Waals surface area contributed by atoms with Crippen molar-refractivity contribution in [1.29, 1.82) is 0 Å². The van der Waals surface area contributed by atoms with Crippen molar-refractivity contribution in [2.75, 3.05) is 5.73 Å². The fourth-order valence-electron chi connectivity index (χ4n) is 5.45. The van der Waals surface area contributed by atoms with Crippen LogP contribution in [0.25, 0.3) is 5.69 Å². The minimum Gasteiger partial charge on any atom is -0.461 e. The fraction of sp³-hybridized carbons (Fsp3) is 0.429. The standard InChI is InChI=1S/C35H41F2N3O6/c1-21(2)18-29(33(43)45-25-8-6-7-9-25)39(34(44)46-35(3,4)5)20-22-10-13-24(14-11-22)40-30(41)17-16-27(32(40)38)31(42)26-15-12-23(36)19-28(26)37/h10-17,19,21,25,29H,6-9,18,20,38H2,1-5H3. The molecule has 2 aromatic carbocycles. The van der Waals surface area contributed by atoms with Gasteiger partial charge in [0.15, 0.2) is 5.78 Å². The molecule has 1 aliphatic rings. The number of pyridine rings is 1. The van der Waals surface area contributed by atoms with Gasteiger partial charge in [-0.1, -0.05) is 26.0 Å². The monoisotopic (exact) mass is 637 g/mol. The first-order valence-corrected chi connectivity index (χ1v) is 15.5. The number of hydrogen-bond acceptors (Lipinski definition) is 7. The predicted octanol–water partition coefficient (Wildman–Crippen LogP) is 6.57. The highest BCUT2D eigenvalue weighted by Gasteiger charge is 2.36. The lowest BCUT2D eigenvalue weighted by Crippen LogP contribution is -2.48. The Kier molecular flexibility index (Phi) is 10.6. The maximum Gasteiger partial charge on any atom is 0.411 e. The van der Waals surface area contributed by atoms with Gasteiger partial charge in [0, 0.05) is 18.7 Å². The van der Waals surface area contributed by atoms with E-state index in [1.807, 2.05) is 13.8 Å². The second-order valence-corrected chi connectivity index (χ2v) is 13.0. The largest absolute Gasteiger partial charge is 0.461 e. The van der Waals surface area contributed by atoms with E-state index in [9.17, 15) is 28.0 Å². The zero-order valence-electron chi connectivity index (χ0n) is 26.8. The van der Waals surface area contributed by atoms with Gasteiger partial charge in [-0.2, -0.15) is 0 Å². The molecule has 1 aromatic heterocycles. The van der Waals surface area contributed by atoms with Gasteiger partial charge in [-0.15, -0.1) is 0 Å². The highest BCUT2D eigenvalue weighted by Crippen LogP contribution is 2.26. The summed E-state index contributed by atoms with van der Waals surface area (Å²) >= 11 is 0. The number of carbonyl (C=O) groups excluding carboxylic acids is 3. The van der Waals surface area contributed by atoms with Crippen LogP contribution in [-0.2, 0) is 20.8 Å². The lowest BCUT2D eigenvalue weighted by molar-refractivity contribution is -0.156. The normalized spacial score (nSPS) is 14.3. The Balaban J connectivity index is 1.65. The third-order valence-corrected chi connectivity index (χ3v) is 7.65. The Morgan fingerprint density at radius 2 is 1.61 bits per heavy atom. The topological polar surface area (TPSA) is 121 Å². The van der Waals surface area contributed by atoms with Crippen LogP contribution >= 0.6 is 0 Å². The smallest absolute Gasteiger partial charge is 0.411 e. The molecule has 1 atom stereocenters. The van der Waals surface area contributed by atoms with Crippen molar-refractivity contribution >= 4 is 23.7 Å². The molecule has 0 spiro atoms. The van der Waals surface area contributed by atoms with E-state index in [-0.39, 0.29) is 29.9 Å². The molecule has 0 radical (unpaired) electrons. The molecule has 3 aromatic rings. The van der Waals surface area contributed by atoms with Crippen molar-refractivity contribution in [3.8, 4) is 5.69 Å². The first-order valence-electron chi connectivity index (χ1n) is 15.5. The van der Waals surface area contributed by atoms with E-state index in [0.717, 1.165) is 48.4 Å². The third-order valence-electron chi connectivity index (χ3n) is 7.65. The van der Waals surface area contributed by atoms with Crippen molar-refractivity contribution in [2.24, 2.45) is 5.92 Å². The summed E-state index contributed by atoms with van der Waals surface area (Å²) in [5.74, 6) is -3.32. The molecule has 2 N–H and O–H groups in total. The SMILES string of the molecule is CC(C)CC(C(=O)OC1CCCC1)N(Cc1ccc(-n2c(N)c(C(=O)c3ccc(F)cc3F)ccc2=O)cc1)C(=O)OC(C)(C)C. The average Bonchev–Trinajstić information content (AvgIpc) is 3.47. The number of halogens is 2. The molecule has 0 aliphatic heterocycles. The van der Waals surface area contributed by atoms with E-state index in [1.165, 1.54) is 11.0 Å². The zero-order valence-corrected chi connectivity index (χ0v) is 26.8. The average molecular weight is 638 g/mol. The fourth-order valence-corrected chi connectivity index (χ4v) is 5.45. The van der Waals surface area contributed by atoms with Gasteiger partial charge in [0.2, 0.25) is 0 Å². The molecule has 0 bridgehead atoms. The molecular formula is C35H41F2N3O6. The molecule has 0 saturated heterocycles. The lowest BCUT2D eigenvalue weighted by Gasteiger charge is -2.34. The number of nitrogens with zero attached hydrogens (tertiary/aromatic N) is 2. The molecule has 1 heterocycles. The number of ketones is 1. The van der Waals surface area contributed by atoms with Crippen LogP contribution in [0.1, 0.15) is 88.2 Å². The van der Waals surface area contributed by atoms with Gasteiger partial charge < -0.3 is 15.2 Å². The molecule has 1 fully saturated rings. The number of nitrogens with two attached hydrogens (primary N) is 1. The molecule has 9 nitrogen and oxygen atoms in total. The first kappa shape index (κ1) is 34.3. The Morgan fingerprint density at radius 3 is 2.20 bits per heavy atom. The summed E-state index contributed by atoms with van der Waals surface area (Å²) in [6, 6.07) is 10.5. The van der Waals surface area contributed by atoms with Crippen LogP contribution in [0.5, 0.6) is 0 Å². The van der Waals surface area contributed by atoms with Gasteiger partial charge in [0.25, 0.3) is 5.56 Å². The summed E-state index contributed by atoms with van der Waals surface area (Å²) in [6.07, 6.45) is 3.10. The Hall–Kier alpha value is -4.54. The van der Waals surface area contributed by atoms with Crippen molar-refractivity contribution in [1.82, 2.24) is 9.47 Å². The molecule has 1 saturated carbocycles. The number of benzene rings is 2. The van der Waals surface area contributed by atoms with E-state index in [2.05, 4.69) is 0 Å². The van der Waals surface area contributed by atoms with Crippen molar-refractivity contribution in [2.45, 2.75) is 91.0 Å². The van der Waals surface area contributed by atoms with Gasteiger partial charge in [-0.05, 0) is 94.7 Å². The Bertz CT molecular complexity index is 1640. The molecule has 246 valence electrons. The second kappa shape index (κ2) is 14.3. The number of nitrogen functional groups attached to an aromatic ring is 1. The minimum absolute atomic E-state index is 0.0130. The summed E-state index contributed by atoms with van der Waals surface area (Å²) < 4.78 is 40.4. The molecule has 11 heteroatoms. The summed E-state index contributed by atoms with van der Waals surface area (Å²) in [7, 11) is 0. The number of aromatic nitrogens is 1. The number of esters is 1. The summed E-state index contributed by atoms with van der Waals surface area (Å²) in [4.78, 5) is 54.4. The maximum atomic E-state index is 14.4. The molecule has 46 heavy (non-hydrogen) atoms. The van der Waals surface area contributed by atoms with Crippen LogP contribution in [-0.4, -0.2) is 45.1 Å². The predicted molar refractivity (Wildman–Crippen MR) is 170 cm³/mol. The highest BCUT2D eigenvalue weighted by molar-refractivity contribution is 6.11. The van der Waals surface area contributed by atoms with E-state index in [0.29, 0.717) is 23.7 Å². The Labute approximate surface area is 267 Å².